The average Bonchev–Trinajstić information content (AvgIpc) is 2.38. The molecule has 18 heavy (non-hydrogen) atoms. The minimum Gasteiger partial charge on any atom is -0.312 e. The van der Waals surface area contributed by atoms with Gasteiger partial charge < -0.3 is 5.32 Å². The molecule has 1 aliphatic heterocycles. The van der Waals surface area contributed by atoms with Gasteiger partial charge in [0.1, 0.15) is 0 Å². The van der Waals surface area contributed by atoms with Gasteiger partial charge in [0.25, 0.3) is 5.69 Å². The Kier molecular flexibility index (Phi) is 3.93. The maximum absolute atomic E-state index is 11.0. The summed E-state index contributed by atoms with van der Waals surface area (Å²) in [5.41, 5.74) is 1.02. The molecule has 0 radical (unpaired) electrons. The normalized spacial score (nSPS) is 22.7. The van der Waals surface area contributed by atoms with Gasteiger partial charge in [0.05, 0.1) is 4.92 Å². The number of rotatable bonds is 3. The van der Waals surface area contributed by atoms with Crippen molar-refractivity contribution in [2.75, 3.05) is 19.6 Å². The van der Waals surface area contributed by atoms with Crippen LogP contribution in [0, 0.1) is 10.1 Å². The van der Waals surface area contributed by atoms with Gasteiger partial charge in [0.2, 0.25) is 0 Å². The zero-order valence-electron chi connectivity index (χ0n) is 10.8. The van der Waals surface area contributed by atoms with E-state index in [1.807, 2.05) is 19.1 Å². The van der Waals surface area contributed by atoms with Gasteiger partial charge in [-0.2, -0.15) is 0 Å². The second kappa shape index (κ2) is 5.46. The zero-order valence-corrected chi connectivity index (χ0v) is 10.8. The zero-order chi connectivity index (χ0) is 13.1. The van der Waals surface area contributed by atoms with Crippen molar-refractivity contribution in [1.29, 1.82) is 0 Å². The molecule has 1 N–H and O–H groups in total. The first-order valence-corrected chi connectivity index (χ1v) is 6.30. The standard InChI is InChI=1S/C13H19N3O2/c1-10-9-15(8-7-14-10)11(2)12-5-3-4-6-13(12)16(17)18/h3-6,10-11,14H,7-9H2,1-2H3. The van der Waals surface area contributed by atoms with Gasteiger partial charge in [-0.05, 0) is 13.8 Å². The third-order valence-corrected chi connectivity index (χ3v) is 3.53. The molecule has 0 aromatic heterocycles. The van der Waals surface area contributed by atoms with Crippen LogP contribution >= 0.6 is 0 Å². The highest BCUT2D eigenvalue weighted by Crippen LogP contribution is 2.29. The minimum atomic E-state index is -0.294. The number of nitrogens with zero attached hydrogens (tertiary/aromatic N) is 2. The minimum absolute atomic E-state index is 0.0798. The molecule has 2 atom stereocenters. The van der Waals surface area contributed by atoms with Crippen LogP contribution in [0.1, 0.15) is 25.5 Å². The first kappa shape index (κ1) is 13.0. The summed E-state index contributed by atoms with van der Waals surface area (Å²) in [6.07, 6.45) is 0. The second-order valence-corrected chi connectivity index (χ2v) is 4.84. The number of para-hydroxylation sites is 1. The molecular formula is C13H19N3O2. The first-order valence-electron chi connectivity index (χ1n) is 6.30. The molecule has 1 fully saturated rings. The maximum Gasteiger partial charge on any atom is 0.274 e. The molecule has 5 heteroatoms. The molecule has 1 aromatic carbocycles. The van der Waals surface area contributed by atoms with Crippen LogP contribution in [0.2, 0.25) is 0 Å². The lowest BCUT2D eigenvalue weighted by Gasteiger charge is -2.36. The average molecular weight is 249 g/mol. The van der Waals surface area contributed by atoms with Crippen molar-refractivity contribution < 1.29 is 4.92 Å². The van der Waals surface area contributed by atoms with E-state index in [2.05, 4.69) is 17.1 Å². The lowest BCUT2D eigenvalue weighted by molar-refractivity contribution is -0.386. The molecule has 1 saturated heterocycles. The fourth-order valence-corrected chi connectivity index (χ4v) is 2.52. The summed E-state index contributed by atoms with van der Waals surface area (Å²) in [5, 5.41) is 14.4. The monoisotopic (exact) mass is 249 g/mol. The first-order chi connectivity index (χ1) is 8.59. The molecule has 98 valence electrons. The number of nitrogens with one attached hydrogen (secondary N) is 1. The summed E-state index contributed by atoms with van der Waals surface area (Å²) in [6, 6.07) is 7.53. The highest BCUT2D eigenvalue weighted by atomic mass is 16.6. The van der Waals surface area contributed by atoms with E-state index in [1.54, 1.807) is 12.1 Å². The summed E-state index contributed by atoms with van der Waals surface area (Å²) in [7, 11) is 0. The Morgan fingerprint density at radius 3 is 2.89 bits per heavy atom. The Morgan fingerprint density at radius 1 is 1.50 bits per heavy atom. The van der Waals surface area contributed by atoms with Gasteiger partial charge in [-0.25, -0.2) is 0 Å². The van der Waals surface area contributed by atoms with Crippen LogP contribution < -0.4 is 5.32 Å². The van der Waals surface area contributed by atoms with E-state index < -0.39 is 0 Å². The Bertz CT molecular complexity index is 436. The Morgan fingerprint density at radius 2 is 2.22 bits per heavy atom. The van der Waals surface area contributed by atoms with Gasteiger partial charge in [-0.15, -0.1) is 0 Å². The maximum atomic E-state index is 11.0. The molecule has 1 heterocycles. The number of hydrogen-bond donors (Lipinski definition) is 1. The number of hydrogen-bond acceptors (Lipinski definition) is 4. The molecule has 2 rings (SSSR count). The molecule has 1 aromatic rings. The SMILES string of the molecule is CC1CN(C(C)c2ccccc2[N+](=O)[O-])CCN1. The highest BCUT2D eigenvalue weighted by molar-refractivity contribution is 5.41. The van der Waals surface area contributed by atoms with Crippen molar-refractivity contribution in [1.82, 2.24) is 10.2 Å². The van der Waals surface area contributed by atoms with Crippen molar-refractivity contribution in [3.8, 4) is 0 Å². The number of piperazine rings is 1. The van der Waals surface area contributed by atoms with Crippen molar-refractivity contribution >= 4 is 5.69 Å². The molecule has 0 amide bonds. The van der Waals surface area contributed by atoms with Gasteiger partial charge in [-0.3, -0.25) is 15.0 Å². The number of nitro groups is 1. The Labute approximate surface area is 107 Å². The van der Waals surface area contributed by atoms with Crippen LogP contribution in [0.3, 0.4) is 0 Å². The molecule has 0 spiro atoms. The number of nitro benzene ring substituents is 1. The van der Waals surface area contributed by atoms with E-state index in [0.29, 0.717) is 6.04 Å². The van der Waals surface area contributed by atoms with E-state index in [9.17, 15) is 10.1 Å². The molecule has 2 unspecified atom stereocenters. The van der Waals surface area contributed by atoms with Crippen molar-refractivity contribution in [3.63, 3.8) is 0 Å². The lowest BCUT2D eigenvalue weighted by atomic mass is 10.0. The molecule has 0 aliphatic carbocycles. The fraction of sp³-hybridized carbons (Fsp3) is 0.538. The summed E-state index contributed by atoms with van der Waals surface area (Å²) < 4.78 is 0. The van der Waals surface area contributed by atoms with Gasteiger partial charge in [0.15, 0.2) is 0 Å². The summed E-state index contributed by atoms with van der Waals surface area (Å²) in [6.45, 7) is 6.97. The van der Waals surface area contributed by atoms with Crippen molar-refractivity contribution in [3.05, 3.63) is 39.9 Å². The third kappa shape index (κ3) is 2.68. The molecule has 0 saturated carbocycles. The van der Waals surface area contributed by atoms with E-state index in [1.165, 1.54) is 0 Å². The van der Waals surface area contributed by atoms with Gasteiger partial charge in [-0.1, -0.05) is 18.2 Å². The van der Waals surface area contributed by atoms with Crippen molar-refractivity contribution in [2.24, 2.45) is 0 Å². The van der Waals surface area contributed by atoms with Crippen LogP contribution in [-0.2, 0) is 0 Å². The Hall–Kier alpha value is -1.46. The smallest absolute Gasteiger partial charge is 0.274 e. The fourth-order valence-electron chi connectivity index (χ4n) is 2.52. The third-order valence-electron chi connectivity index (χ3n) is 3.53. The molecular weight excluding hydrogens is 230 g/mol. The summed E-state index contributed by atoms with van der Waals surface area (Å²) in [4.78, 5) is 13.0. The van der Waals surface area contributed by atoms with Gasteiger partial charge in [0, 0.05) is 43.3 Å². The summed E-state index contributed by atoms with van der Waals surface area (Å²) >= 11 is 0. The lowest BCUT2D eigenvalue weighted by Crippen LogP contribution is -2.49. The van der Waals surface area contributed by atoms with Crippen LogP contribution in [0.25, 0.3) is 0 Å². The van der Waals surface area contributed by atoms with E-state index in [0.717, 1.165) is 25.2 Å². The van der Waals surface area contributed by atoms with E-state index in [-0.39, 0.29) is 16.7 Å². The second-order valence-electron chi connectivity index (χ2n) is 4.84. The van der Waals surface area contributed by atoms with Crippen molar-refractivity contribution in [2.45, 2.75) is 25.9 Å². The van der Waals surface area contributed by atoms with Crippen LogP contribution in [0.5, 0.6) is 0 Å². The van der Waals surface area contributed by atoms with E-state index >= 15 is 0 Å². The van der Waals surface area contributed by atoms with Crippen LogP contribution in [-0.4, -0.2) is 35.5 Å². The quantitative estimate of drug-likeness (QED) is 0.657. The summed E-state index contributed by atoms with van der Waals surface area (Å²) in [5.74, 6) is 0. The van der Waals surface area contributed by atoms with Crippen LogP contribution in [0.4, 0.5) is 5.69 Å². The Balaban J connectivity index is 2.22. The molecule has 5 nitrogen and oxygen atoms in total. The largest absolute Gasteiger partial charge is 0.312 e. The van der Waals surface area contributed by atoms with E-state index in [4.69, 9.17) is 0 Å². The van der Waals surface area contributed by atoms with Crippen LogP contribution in [0.15, 0.2) is 24.3 Å². The molecule has 0 bridgehead atoms. The van der Waals surface area contributed by atoms with Gasteiger partial charge >= 0.3 is 0 Å². The molecule has 1 aliphatic rings. The predicted molar refractivity (Wildman–Crippen MR) is 70.5 cm³/mol. The topological polar surface area (TPSA) is 58.4 Å². The number of benzene rings is 1. The highest BCUT2D eigenvalue weighted by Gasteiger charge is 2.26. The predicted octanol–water partition coefficient (Wildman–Crippen LogP) is 1.95.